The maximum Gasteiger partial charge on any atom is 0.160 e. The number of hydrogen-bond donors (Lipinski definition) is 2. The van der Waals surface area contributed by atoms with Gasteiger partial charge in [0.2, 0.25) is 0 Å². The lowest BCUT2D eigenvalue weighted by atomic mass is 9.91. The van der Waals surface area contributed by atoms with Crippen molar-refractivity contribution in [3.63, 3.8) is 0 Å². The lowest BCUT2D eigenvalue weighted by Gasteiger charge is -2.18. The number of nitrogens with two attached hydrogens (primary N) is 2. The molecule has 0 fully saturated rings. The first-order valence-electron chi connectivity index (χ1n) is 8.12. The van der Waals surface area contributed by atoms with Gasteiger partial charge in [0.15, 0.2) is 17.4 Å². The largest absolute Gasteiger partial charge is 0.400 e. The molecule has 0 atom stereocenters. The molecule has 134 valence electrons. The molecular weight excluding hydrogens is 329 g/mol. The molecule has 4 N–H and O–H groups in total. The molecule has 0 saturated heterocycles. The molecule has 2 rings (SSSR count). The molecule has 0 amide bonds. The van der Waals surface area contributed by atoms with Gasteiger partial charge in [0.05, 0.1) is 11.3 Å². The Balaban J connectivity index is 2.61. The molecule has 3 nitrogen and oxygen atoms in total. The van der Waals surface area contributed by atoms with Crippen LogP contribution in [0.25, 0.3) is 11.1 Å². The van der Waals surface area contributed by atoms with E-state index in [1.54, 1.807) is 6.08 Å². The van der Waals surface area contributed by atoms with Crippen LogP contribution in [0.4, 0.5) is 18.9 Å². The van der Waals surface area contributed by atoms with Crippen LogP contribution in [0.5, 0.6) is 0 Å². The fraction of sp³-hybridized carbons (Fsp3) is 0.316. The van der Waals surface area contributed by atoms with Crippen LogP contribution in [0, 0.1) is 5.82 Å². The first kappa shape index (κ1) is 18.8. The first-order valence-corrected chi connectivity index (χ1v) is 8.12. The Morgan fingerprint density at radius 2 is 1.88 bits per heavy atom. The number of allylic oxidation sites excluding steroid dienone is 6. The quantitative estimate of drug-likeness (QED) is 0.592. The normalized spacial score (nSPS) is 15.8. The van der Waals surface area contributed by atoms with Crippen molar-refractivity contribution in [3.05, 3.63) is 52.5 Å². The van der Waals surface area contributed by atoms with E-state index in [1.165, 1.54) is 19.1 Å². The zero-order valence-electron chi connectivity index (χ0n) is 14.3. The van der Waals surface area contributed by atoms with Gasteiger partial charge in [0.1, 0.15) is 5.83 Å². The molecule has 0 aromatic heterocycles. The van der Waals surface area contributed by atoms with Crippen molar-refractivity contribution in [1.82, 2.24) is 0 Å². The number of carbonyl (C=O) groups is 1. The number of halogens is 3. The van der Waals surface area contributed by atoms with Crippen molar-refractivity contribution >= 4 is 22.6 Å². The Hall–Kier alpha value is -2.50. The Kier molecular flexibility index (Phi) is 5.72. The summed E-state index contributed by atoms with van der Waals surface area (Å²) in [5.74, 6) is -2.96. The Morgan fingerprint density at radius 1 is 1.20 bits per heavy atom. The maximum absolute atomic E-state index is 14.8. The molecular formula is C19H21F3N2O. The van der Waals surface area contributed by atoms with E-state index in [1.807, 2.05) is 6.92 Å². The zero-order chi connectivity index (χ0) is 18.7. The van der Waals surface area contributed by atoms with E-state index in [-0.39, 0.29) is 41.1 Å². The molecule has 25 heavy (non-hydrogen) atoms. The molecule has 0 saturated carbocycles. The van der Waals surface area contributed by atoms with Crippen molar-refractivity contribution in [2.24, 2.45) is 5.73 Å². The van der Waals surface area contributed by atoms with Gasteiger partial charge in [-0.2, -0.15) is 0 Å². The number of Topliss-reactive ketones (excluding diaryl/α,β-unsaturated/α-hetero) is 1. The second-order valence-electron chi connectivity index (χ2n) is 5.97. The van der Waals surface area contributed by atoms with Crippen molar-refractivity contribution < 1.29 is 18.0 Å². The number of unbranched alkanes of at least 4 members (excludes halogenated alkanes) is 1. The highest BCUT2D eigenvalue weighted by molar-refractivity contribution is 6.21. The Labute approximate surface area is 144 Å². The summed E-state index contributed by atoms with van der Waals surface area (Å²) < 4.78 is 43.1. The van der Waals surface area contributed by atoms with Crippen LogP contribution >= 0.6 is 0 Å². The van der Waals surface area contributed by atoms with Crippen LogP contribution < -0.4 is 11.5 Å². The minimum absolute atomic E-state index is 0.0462. The molecule has 0 aliphatic heterocycles. The maximum atomic E-state index is 14.8. The Morgan fingerprint density at radius 3 is 2.48 bits per heavy atom. The average molecular weight is 350 g/mol. The summed E-state index contributed by atoms with van der Waals surface area (Å²) in [5.41, 5.74) is 10.7. The van der Waals surface area contributed by atoms with Gasteiger partial charge in [-0.25, -0.2) is 13.2 Å². The smallest absolute Gasteiger partial charge is 0.160 e. The summed E-state index contributed by atoms with van der Waals surface area (Å²) in [6.07, 6.45) is 3.08. The highest BCUT2D eigenvalue weighted by atomic mass is 19.1. The summed E-state index contributed by atoms with van der Waals surface area (Å²) in [6, 6.07) is 2.64. The van der Waals surface area contributed by atoms with Gasteiger partial charge in [0, 0.05) is 28.8 Å². The SMILES string of the molecule is CCC/C=C(/C(C)=O)c1ccc(C2=C(F)CCC(N)=C2F)c(F)c1N. The third kappa shape index (κ3) is 3.62. The van der Waals surface area contributed by atoms with Crippen molar-refractivity contribution in [2.45, 2.75) is 39.5 Å². The highest BCUT2D eigenvalue weighted by Gasteiger charge is 2.26. The monoisotopic (exact) mass is 350 g/mol. The van der Waals surface area contributed by atoms with Gasteiger partial charge in [-0.05, 0) is 19.8 Å². The van der Waals surface area contributed by atoms with Crippen LogP contribution in [0.2, 0.25) is 0 Å². The fourth-order valence-corrected chi connectivity index (χ4v) is 2.78. The third-order valence-corrected chi connectivity index (χ3v) is 4.14. The van der Waals surface area contributed by atoms with E-state index in [9.17, 15) is 18.0 Å². The summed E-state index contributed by atoms with van der Waals surface area (Å²) in [4.78, 5) is 11.8. The van der Waals surface area contributed by atoms with Crippen LogP contribution in [0.15, 0.2) is 35.6 Å². The number of carbonyl (C=O) groups excluding carboxylic acids is 1. The topological polar surface area (TPSA) is 69.1 Å². The van der Waals surface area contributed by atoms with Crippen LogP contribution in [0.3, 0.4) is 0 Å². The molecule has 1 aromatic rings. The predicted molar refractivity (Wildman–Crippen MR) is 94.0 cm³/mol. The summed E-state index contributed by atoms with van der Waals surface area (Å²) in [5, 5.41) is 0. The van der Waals surface area contributed by atoms with Crippen LogP contribution in [-0.4, -0.2) is 5.78 Å². The van der Waals surface area contributed by atoms with Gasteiger partial charge in [-0.15, -0.1) is 0 Å². The van der Waals surface area contributed by atoms with E-state index >= 15 is 0 Å². The minimum atomic E-state index is -0.969. The second-order valence-corrected chi connectivity index (χ2v) is 5.97. The molecule has 0 heterocycles. The van der Waals surface area contributed by atoms with Crippen LogP contribution in [0.1, 0.15) is 50.7 Å². The van der Waals surface area contributed by atoms with E-state index in [0.29, 0.717) is 12.0 Å². The van der Waals surface area contributed by atoms with E-state index in [2.05, 4.69) is 0 Å². The van der Waals surface area contributed by atoms with Gasteiger partial charge in [-0.3, -0.25) is 4.79 Å². The number of benzene rings is 1. The minimum Gasteiger partial charge on any atom is -0.400 e. The molecule has 0 spiro atoms. The summed E-state index contributed by atoms with van der Waals surface area (Å²) >= 11 is 0. The summed E-state index contributed by atoms with van der Waals surface area (Å²) in [7, 11) is 0. The fourth-order valence-electron chi connectivity index (χ4n) is 2.78. The first-order chi connectivity index (χ1) is 11.8. The molecule has 1 aliphatic carbocycles. The number of nitrogen functional groups attached to an aromatic ring is 1. The molecule has 6 heteroatoms. The van der Waals surface area contributed by atoms with Crippen molar-refractivity contribution in [1.29, 1.82) is 0 Å². The molecule has 1 aromatic carbocycles. The van der Waals surface area contributed by atoms with Gasteiger partial charge < -0.3 is 11.5 Å². The van der Waals surface area contributed by atoms with Crippen LogP contribution in [-0.2, 0) is 4.79 Å². The molecule has 0 unspecified atom stereocenters. The molecule has 0 radical (unpaired) electrons. The lowest BCUT2D eigenvalue weighted by molar-refractivity contribution is -0.111. The predicted octanol–water partition coefficient (Wildman–Crippen LogP) is 4.79. The molecule has 0 bridgehead atoms. The van der Waals surface area contributed by atoms with Gasteiger partial charge >= 0.3 is 0 Å². The number of anilines is 1. The summed E-state index contributed by atoms with van der Waals surface area (Å²) in [6.45, 7) is 3.30. The standard InChI is InChI=1S/C19H21F3N2O/c1-3-4-5-11(10(2)25)12-6-7-13(17(21)19(12)24)16-14(20)8-9-15(23)18(16)22/h5-7H,3-4,8-9,23-24H2,1-2H3/b11-5-. The second kappa shape index (κ2) is 7.59. The number of hydrogen-bond acceptors (Lipinski definition) is 3. The van der Waals surface area contributed by atoms with Crippen molar-refractivity contribution in [3.8, 4) is 0 Å². The van der Waals surface area contributed by atoms with E-state index in [0.717, 1.165) is 6.42 Å². The zero-order valence-corrected chi connectivity index (χ0v) is 14.3. The third-order valence-electron chi connectivity index (χ3n) is 4.14. The van der Waals surface area contributed by atoms with Gasteiger partial charge in [-0.1, -0.05) is 31.6 Å². The number of ketones is 1. The van der Waals surface area contributed by atoms with Gasteiger partial charge in [0.25, 0.3) is 0 Å². The van der Waals surface area contributed by atoms with Crippen molar-refractivity contribution in [2.75, 3.05) is 5.73 Å². The lowest BCUT2D eigenvalue weighted by Crippen LogP contribution is -2.10. The highest BCUT2D eigenvalue weighted by Crippen LogP contribution is 2.40. The number of rotatable bonds is 5. The van der Waals surface area contributed by atoms with E-state index < -0.39 is 23.0 Å². The molecule has 1 aliphatic rings. The average Bonchev–Trinajstić information content (AvgIpc) is 2.56. The van der Waals surface area contributed by atoms with E-state index in [4.69, 9.17) is 11.5 Å². The Bertz CT molecular complexity index is 807.